The molecular weight excluding hydrogens is 162 g/mol. The number of carbonyl (C=O) groups is 1. The van der Waals surface area contributed by atoms with E-state index in [9.17, 15) is 4.79 Å². The molecule has 0 bridgehead atoms. The standard InChI is InChI=1S/C11H21NO/c1-4-6-7-9-11(8-5-2)12-10(3)13/h5,8,11H,4,6-7,9H2,1-3H3,(H,12,13)/b8-5+/t11-/m0/s1. The molecule has 0 aliphatic heterocycles. The Morgan fingerprint density at radius 1 is 1.46 bits per heavy atom. The fourth-order valence-electron chi connectivity index (χ4n) is 1.32. The van der Waals surface area contributed by atoms with E-state index in [-0.39, 0.29) is 11.9 Å². The van der Waals surface area contributed by atoms with Crippen LogP contribution in [0.25, 0.3) is 0 Å². The van der Waals surface area contributed by atoms with Gasteiger partial charge in [0.2, 0.25) is 5.91 Å². The molecule has 1 amide bonds. The van der Waals surface area contributed by atoms with Crippen LogP contribution < -0.4 is 5.32 Å². The Morgan fingerprint density at radius 2 is 2.15 bits per heavy atom. The molecule has 1 atom stereocenters. The van der Waals surface area contributed by atoms with Crippen molar-refractivity contribution in [3.63, 3.8) is 0 Å². The first-order valence-corrected chi connectivity index (χ1v) is 5.10. The van der Waals surface area contributed by atoms with Crippen LogP contribution in [0.1, 0.15) is 46.5 Å². The van der Waals surface area contributed by atoms with Crippen molar-refractivity contribution in [1.82, 2.24) is 5.32 Å². The molecule has 2 nitrogen and oxygen atoms in total. The Kier molecular flexibility index (Phi) is 7.36. The number of hydrogen-bond acceptors (Lipinski definition) is 1. The predicted molar refractivity (Wildman–Crippen MR) is 56.6 cm³/mol. The number of rotatable bonds is 6. The first-order chi connectivity index (χ1) is 6.20. The van der Waals surface area contributed by atoms with E-state index in [1.54, 1.807) is 6.92 Å². The van der Waals surface area contributed by atoms with Crippen molar-refractivity contribution in [2.24, 2.45) is 0 Å². The SMILES string of the molecule is C/C=C/[C@@H](CCCCC)NC(C)=O. The minimum absolute atomic E-state index is 0.0552. The highest BCUT2D eigenvalue weighted by Gasteiger charge is 2.04. The highest BCUT2D eigenvalue weighted by molar-refractivity contribution is 5.73. The second-order valence-corrected chi connectivity index (χ2v) is 3.33. The lowest BCUT2D eigenvalue weighted by molar-refractivity contribution is -0.119. The summed E-state index contributed by atoms with van der Waals surface area (Å²) in [4.78, 5) is 10.8. The second-order valence-electron chi connectivity index (χ2n) is 3.33. The number of nitrogens with one attached hydrogen (secondary N) is 1. The average Bonchev–Trinajstić information content (AvgIpc) is 2.04. The third-order valence-corrected chi connectivity index (χ3v) is 1.93. The van der Waals surface area contributed by atoms with Crippen molar-refractivity contribution in [3.8, 4) is 0 Å². The summed E-state index contributed by atoms with van der Waals surface area (Å²) in [5.41, 5.74) is 0. The number of hydrogen-bond donors (Lipinski definition) is 1. The van der Waals surface area contributed by atoms with Crippen molar-refractivity contribution in [2.75, 3.05) is 0 Å². The van der Waals surface area contributed by atoms with Crippen molar-refractivity contribution >= 4 is 5.91 Å². The van der Waals surface area contributed by atoms with Crippen LogP contribution in [0.3, 0.4) is 0 Å². The highest BCUT2D eigenvalue weighted by atomic mass is 16.1. The molecule has 13 heavy (non-hydrogen) atoms. The van der Waals surface area contributed by atoms with Gasteiger partial charge in [-0.05, 0) is 13.3 Å². The molecule has 0 saturated carbocycles. The van der Waals surface area contributed by atoms with Gasteiger partial charge in [0.25, 0.3) is 0 Å². The van der Waals surface area contributed by atoms with E-state index >= 15 is 0 Å². The van der Waals surface area contributed by atoms with Gasteiger partial charge in [-0.2, -0.15) is 0 Å². The van der Waals surface area contributed by atoms with Gasteiger partial charge in [-0.25, -0.2) is 0 Å². The molecular formula is C11H21NO. The van der Waals surface area contributed by atoms with Gasteiger partial charge >= 0.3 is 0 Å². The normalized spacial score (nSPS) is 13.2. The van der Waals surface area contributed by atoms with Gasteiger partial charge in [0, 0.05) is 13.0 Å². The molecule has 0 heterocycles. The lowest BCUT2D eigenvalue weighted by Gasteiger charge is -2.12. The molecule has 0 aromatic heterocycles. The van der Waals surface area contributed by atoms with Crippen molar-refractivity contribution in [1.29, 1.82) is 0 Å². The van der Waals surface area contributed by atoms with Gasteiger partial charge in [-0.3, -0.25) is 4.79 Å². The monoisotopic (exact) mass is 183 g/mol. The topological polar surface area (TPSA) is 29.1 Å². The quantitative estimate of drug-likeness (QED) is 0.498. The third kappa shape index (κ3) is 7.57. The first-order valence-electron chi connectivity index (χ1n) is 5.10. The van der Waals surface area contributed by atoms with Crippen LogP contribution >= 0.6 is 0 Å². The summed E-state index contributed by atoms with van der Waals surface area (Å²) in [6.07, 6.45) is 8.75. The first kappa shape index (κ1) is 12.2. The van der Waals surface area contributed by atoms with Gasteiger partial charge in [0.05, 0.1) is 0 Å². The van der Waals surface area contributed by atoms with Crippen molar-refractivity contribution < 1.29 is 4.79 Å². The summed E-state index contributed by atoms with van der Waals surface area (Å²) in [6.45, 7) is 5.73. The molecule has 0 saturated heterocycles. The van der Waals surface area contributed by atoms with Crippen LogP contribution in [-0.2, 0) is 4.79 Å². The summed E-state index contributed by atoms with van der Waals surface area (Å²) in [5, 5.41) is 2.91. The molecule has 0 aromatic rings. The van der Waals surface area contributed by atoms with Gasteiger partial charge in [-0.1, -0.05) is 38.3 Å². The number of carbonyl (C=O) groups excluding carboxylic acids is 1. The van der Waals surface area contributed by atoms with Crippen LogP contribution in [0.2, 0.25) is 0 Å². The maximum Gasteiger partial charge on any atom is 0.217 e. The smallest absolute Gasteiger partial charge is 0.217 e. The van der Waals surface area contributed by atoms with E-state index < -0.39 is 0 Å². The van der Waals surface area contributed by atoms with Crippen LogP contribution in [0.15, 0.2) is 12.2 Å². The Bertz CT molecular complexity index is 163. The van der Waals surface area contributed by atoms with Crippen molar-refractivity contribution in [3.05, 3.63) is 12.2 Å². The van der Waals surface area contributed by atoms with Gasteiger partial charge in [0.15, 0.2) is 0 Å². The molecule has 0 aliphatic carbocycles. The summed E-state index contributed by atoms with van der Waals surface area (Å²) in [6, 6.07) is 0.231. The number of amides is 1. The lowest BCUT2D eigenvalue weighted by atomic mass is 10.1. The molecule has 0 unspecified atom stereocenters. The molecule has 0 radical (unpaired) electrons. The fourth-order valence-corrected chi connectivity index (χ4v) is 1.32. The average molecular weight is 183 g/mol. The maximum atomic E-state index is 10.8. The van der Waals surface area contributed by atoms with Gasteiger partial charge in [0.1, 0.15) is 0 Å². The summed E-state index contributed by atoms with van der Waals surface area (Å²) < 4.78 is 0. The highest BCUT2D eigenvalue weighted by Crippen LogP contribution is 2.04. The third-order valence-electron chi connectivity index (χ3n) is 1.93. The van der Waals surface area contributed by atoms with Crippen LogP contribution in [-0.4, -0.2) is 11.9 Å². The summed E-state index contributed by atoms with van der Waals surface area (Å²) in [7, 11) is 0. The lowest BCUT2D eigenvalue weighted by Crippen LogP contribution is -2.31. The Hall–Kier alpha value is -0.790. The molecule has 0 aliphatic rings. The Balaban J connectivity index is 3.73. The van der Waals surface area contributed by atoms with Gasteiger partial charge < -0.3 is 5.32 Å². The zero-order valence-electron chi connectivity index (χ0n) is 8.97. The minimum Gasteiger partial charge on any atom is -0.350 e. The number of allylic oxidation sites excluding steroid dienone is 1. The van der Waals surface area contributed by atoms with Gasteiger partial charge in [-0.15, -0.1) is 0 Å². The zero-order chi connectivity index (χ0) is 10.1. The van der Waals surface area contributed by atoms with E-state index in [4.69, 9.17) is 0 Å². The van der Waals surface area contributed by atoms with Crippen LogP contribution in [0.4, 0.5) is 0 Å². The van der Waals surface area contributed by atoms with E-state index in [1.165, 1.54) is 19.3 Å². The molecule has 0 rings (SSSR count). The molecule has 2 heteroatoms. The predicted octanol–water partition coefficient (Wildman–Crippen LogP) is 2.65. The zero-order valence-corrected chi connectivity index (χ0v) is 8.97. The Labute approximate surface area is 81.4 Å². The van der Waals surface area contributed by atoms with E-state index in [0.29, 0.717) is 0 Å². The number of unbranched alkanes of at least 4 members (excludes halogenated alkanes) is 2. The van der Waals surface area contributed by atoms with E-state index in [1.807, 2.05) is 13.0 Å². The molecule has 76 valence electrons. The second kappa shape index (κ2) is 7.84. The van der Waals surface area contributed by atoms with Crippen LogP contribution in [0.5, 0.6) is 0 Å². The van der Waals surface area contributed by atoms with E-state index in [2.05, 4.69) is 18.3 Å². The molecule has 0 fully saturated rings. The fraction of sp³-hybridized carbons (Fsp3) is 0.727. The Morgan fingerprint density at radius 3 is 2.62 bits per heavy atom. The molecule has 1 N–H and O–H groups in total. The largest absolute Gasteiger partial charge is 0.350 e. The van der Waals surface area contributed by atoms with E-state index in [0.717, 1.165) is 6.42 Å². The van der Waals surface area contributed by atoms with Crippen molar-refractivity contribution in [2.45, 2.75) is 52.5 Å². The maximum absolute atomic E-state index is 10.8. The van der Waals surface area contributed by atoms with Crippen LogP contribution in [0, 0.1) is 0 Å². The summed E-state index contributed by atoms with van der Waals surface area (Å²) >= 11 is 0. The summed E-state index contributed by atoms with van der Waals surface area (Å²) in [5.74, 6) is 0.0552. The molecule has 0 spiro atoms. The molecule has 0 aromatic carbocycles. The minimum atomic E-state index is 0.0552.